The number of aromatic nitrogens is 4. The van der Waals surface area contributed by atoms with Gasteiger partial charge in [-0.25, -0.2) is 19.9 Å². The fraction of sp³-hybridized carbons (Fsp3) is 0.500. The van der Waals surface area contributed by atoms with Crippen molar-refractivity contribution in [1.82, 2.24) is 24.8 Å². The number of aliphatic hydroxyl groups is 1. The van der Waals surface area contributed by atoms with Crippen molar-refractivity contribution in [2.75, 3.05) is 50.0 Å². The van der Waals surface area contributed by atoms with E-state index < -0.39 is 0 Å². The van der Waals surface area contributed by atoms with E-state index in [2.05, 4.69) is 25.8 Å². The van der Waals surface area contributed by atoms with Gasteiger partial charge in [0.15, 0.2) is 5.82 Å². The first kappa shape index (κ1) is 19.6. The highest BCUT2D eigenvalue weighted by Crippen LogP contribution is 2.34. The van der Waals surface area contributed by atoms with Crippen LogP contribution in [0, 0.1) is 0 Å². The van der Waals surface area contributed by atoms with Crippen molar-refractivity contribution in [2.24, 2.45) is 0 Å². The number of piperidine rings is 1. The number of morpholine rings is 1. The Bertz CT molecular complexity index is 1010. The van der Waals surface area contributed by atoms with E-state index in [9.17, 15) is 5.11 Å². The minimum atomic E-state index is -0.160. The third-order valence-electron chi connectivity index (χ3n) is 5.60. The number of nitrogens with zero attached hydrogens (tertiary/aromatic N) is 6. The summed E-state index contributed by atoms with van der Waals surface area (Å²) in [5.74, 6) is 1.78. The molecule has 3 aromatic heterocycles. The van der Waals surface area contributed by atoms with Crippen molar-refractivity contribution < 1.29 is 9.84 Å². The second-order valence-electron chi connectivity index (χ2n) is 7.74. The third-order valence-corrected chi connectivity index (χ3v) is 6.61. The molecule has 0 atom stereocenters. The fourth-order valence-electron chi connectivity index (χ4n) is 3.93. The maximum atomic E-state index is 9.77. The molecular weight excluding hydrogens is 402 g/mol. The molecule has 2 aliphatic rings. The maximum Gasteiger partial charge on any atom is 0.219 e. The number of ether oxygens (including phenoxy) is 1. The van der Waals surface area contributed by atoms with E-state index in [0.29, 0.717) is 19.0 Å². The molecule has 0 aromatic carbocycles. The molecule has 0 saturated carbocycles. The minimum Gasteiger partial charge on any atom is -0.393 e. The maximum absolute atomic E-state index is 9.77. The summed E-state index contributed by atoms with van der Waals surface area (Å²) in [6.45, 7) is 5.71. The van der Waals surface area contributed by atoms with Gasteiger partial charge in [0.25, 0.3) is 0 Å². The number of likely N-dealkylation sites (tertiary alicyclic amines) is 1. The van der Waals surface area contributed by atoms with Crippen LogP contribution in [0.3, 0.4) is 0 Å². The summed E-state index contributed by atoms with van der Waals surface area (Å²) in [7, 11) is 0. The van der Waals surface area contributed by atoms with Gasteiger partial charge >= 0.3 is 0 Å². The van der Waals surface area contributed by atoms with Gasteiger partial charge in [0.2, 0.25) is 5.95 Å². The lowest BCUT2D eigenvalue weighted by atomic mass is 10.1. The van der Waals surface area contributed by atoms with Crippen LogP contribution < -0.4 is 10.6 Å². The van der Waals surface area contributed by atoms with E-state index in [1.807, 2.05) is 0 Å². The summed E-state index contributed by atoms with van der Waals surface area (Å²) in [6, 6.07) is 2.22. The van der Waals surface area contributed by atoms with Gasteiger partial charge in [0.1, 0.15) is 10.6 Å². The SMILES string of the molecule is Nc1ncc(-c2nc(N3CCOCC3)c3cc(CN4CCC(O)CC4)sc3n2)cn1. The average molecular weight is 428 g/mol. The van der Waals surface area contributed by atoms with Gasteiger partial charge in [-0.15, -0.1) is 11.3 Å². The van der Waals surface area contributed by atoms with Crippen LogP contribution in [0.4, 0.5) is 11.8 Å². The Morgan fingerprint density at radius 2 is 1.83 bits per heavy atom. The predicted molar refractivity (Wildman–Crippen MR) is 116 cm³/mol. The summed E-state index contributed by atoms with van der Waals surface area (Å²) in [5.41, 5.74) is 6.39. The molecule has 2 saturated heterocycles. The smallest absolute Gasteiger partial charge is 0.219 e. The van der Waals surface area contributed by atoms with Gasteiger partial charge < -0.3 is 20.5 Å². The van der Waals surface area contributed by atoms with Crippen LogP contribution in [0.15, 0.2) is 18.5 Å². The monoisotopic (exact) mass is 427 g/mol. The van der Waals surface area contributed by atoms with Gasteiger partial charge in [-0.1, -0.05) is 0 Å². The van der Waals surface area contributed by atoms with Crippen LogP contribution in [0.2, 0.25) is 0 Å². The summed E-state index contributed by atoms with van der Waals surface area (Å²) < 4.78 is 5.53. The first-order valence-electron chi connectivity index (χ1n) is 10.3. The lowest BCUT2D eigenvalue weighted by Crippen LogP contribution is -2.37. The van der Waals surface area contributed by atoms with Gasteiger partial charge in [-0.05, 0) is 18.9 Å². The molecule has 10 heteroatoms. The first-order valence-corrected chi connectivity index (χ1v) is 11.1. The predicted octanol–water partition coefficient (Wildman–Crippen LogP) is 1.52. The van der Waals surface area contributed by atoms with Crippen molar-refractivity contribution in [3.63, 3.8) is 0 Å². The molecular formula is C20H25N7O2S. The number of thiophene rings is 1. The Kier molecular flexibility index (Phi) is 5.47. The largest absolute Gasteiger partial charge is 0.393 e. The van der Waals surface area contributed by atoms with E-state index in [0.717, 1.165) is 67.2 Å². The quantitative estimate of drug-likeness (QED) is 0.640. The molecule has 2 fully saturated rings. The number of hydrogen-bond donors (Lipinski definition) is 2. The average Bonchev–Trinajstić information content (AvgIpc) is 3.18. The molecule has 5 rings (SSSR count). The van der Waals surface area contributed by atoms with Crippen molar-refractivity contribution in [1.29, 1.82) is 0 Å². The lowest BCUT2D eigenvalue weighted by Gasteiger charge is -2.29. The number of nitrogen functional groups attached to an aromatic ring is 1. The molecule has 5 heterocycles. The van der Waals surface area contributed by atoms with Crippen LogP contribution >= 0.6 is 11.3 Å². The summed E-state index contributed by atoms with van der Waals surface area (Å²) in [6.07, 6.45) is 4.85. The fourth-order valence-corrected chi connectivity index (χ4v) is 5.00. The molecule has 0 bridgehead atoms. The number of anilines is 2. The van der Waals surface area contributed by atoms with Crippen molar-refractivity contribution >= 4 is 33.3 Å². The van der Waals surface area contributed by atoms with Gasteiger partial charge in [0, 0.05) is 50.0 Å². The second kappa shape index (κ2) is 8.38. The number of aliphatic hydroxyl groups excluding tert-OH is 1. The van der Waals surface area contributed by atoms with Gasteiger partial charge in [-0.2, -0.15) is 0 Å². The molecule has 3 aromatic rings. The zero-order valence-corrected chi connectivity index (χ0v) is 17.5. The van der Waals surface area contributed by atoms with Crippen LogP contribution in [-0.4, -0.2) is 75.4 Å². The summed E-state index contributed by atoms with van der Waals surface area (Å²) in [5, 5.41) is 10.8. The molecule has 0 unspecified atom stereocenters. The molecule has 9 nitrogen and oxygen atoms in total. The molecule has 3 N–H and O–H groups in total. The highest BCUT2D eigenvalue weighted by Gasteiger charge is 2.22. The number of fused-ring (bicyclic) bond motifs is 1. The lowest BCUT2D eigenvalue weighted by molar-refractivity contribution is 0.0797. The van der Waals surface area contributed by atoms with Crippen LogP contribution in [0.5, 0.6) is 0 Å². The van der Waals surface area contributed by atoms with E-state index in [1.165, 1.54) is 4.88 Å². The molecule has 0 spiro atoms. The highest BCUT2D eigenvalue weighted by atomic mass is 32.1. The Morgan fingerprint density at radius 1 is 1.10 bits per heavy atom. The summed E-state index contributed by atoms with van der Waals surface area (Å²) in [4.78, 5) is 24.8. The van der Waals surface area contributed by atoms with E-state index >= 15 is 0 Å². The van der Waals surface area contributed by atoms with E-state index in [1.54, 1.807) is 23.7 Å². The first-order chi connectivity index (χ1) is 14.7. The van der Waals surface area contributed by atoms with Gasteiger partial charge in [-0.3, -0.25) is 4.90 Å². The number of hydrogen-bond acceptors (Lipinski definition) is 10. The Morgan fingerprint density at radius 3 is 2.57 bits per heavy atom. The molecule has 158 valence electrons. The normalized spacial score (nSPS) is 18.9. The zero-order valence-electron chi connectivity index (χ0n) is 16.7. The van der Waals surface area contributed by atoms with E-state index in [4.69, 9.17) is 20.4 Å². The Balaban J connectivity index is 1.51. The number of rotatable bonds is 4. The van der Waals surface area contributed by atoms with Gasteiger partial charge in [0.05, 0.1) is 30.3 Å². The molecule has 0 aliphatic carbocycles. The zero-order chi connectivity index (χ0) is 20.5. The van der Waals surface area contributed by atoms with Crippen molar-refractivity contribution in [3.8, 4) is 11.4 Å². The minimum absolute atomic E-state index is 0.160. The molecule has 0 radical (unpaired) electrons. The third kappa shape index (κ3) is 4.08. The van der Waals surface area contributed by atoms with E-state index in [-0.39, 0.29) is 12.1 Å². The van der Waals surface area contributed by atoms with Crippen LogP contribution in [-0.2, 0) is 11.3 Å². The van der Waals surface area contributed by atoms with Crippen LogP contribution in [0.1, 0.15) is 17.7 Å². The summed E-state index contributed by atoms with van der Waals surface area (Å²) >= 11 is 1.70. The van der Waals surface area contributed by atoms with Crippen LogP contribution in [0.25, 0.3) is 21.6 Å². The second-order valence-corrected chi connectivity index (χ2v) is 8.85. The Hall–Kier alpha value is -2.40. The highest BCUT2D eigenvalue weighted by molar-refractivity contribution is 7.18. The Labute approximate surface area is 178 Å². The van der Waals surface area contributed by atoms with Crippen molar-refractivity contribution in [2.45, 2.75) is 25.5 Å². The topological polar surface area (TPSA) is 114 Å². The standard InChI is InChI=1S/C20H25N7O2S/c21-20-22-10-13(11-23-20)17-24-18(27-5-7-29-8-6-27)16-9-15(30-19(16)25-17)12-26-3-1-14(28)2-4-26/h9-11,14,28H,1-8,12H2,(H2,21,22,23). The van der Waals surface area contributed by atoms with Crippen molar-refractivity contribution in [3.05, 3.63) is 23.3 Å². The molecule has 0 amide bonds. The molecule has 2 aliphatic heterocycles. The molecule has 30 heavy (non-hydrogen) atoms. The number of nitrogens with two attached hydrogens (primary N) is 1.